The molecule has 0 radical (unpaired) electrons. The van der Waals surface area contributed by atoms with E-state index in [1.807, 2.05) is 0 Å². The lowest BCUT2D eigenvalue weighted by molar-refractivity contribution is 0.101. The van der Waals surface area contributed by atoms with E-state index in [1.54, 1.807) is 6.92 Å². The second kappa shape index (κ2) is 2.95. The first-order valence-electron chi connectivity index (χ1n) is 3.84. The fraction of sp³-hybridized carbons (Fsp3) is 0.500. The summed E-state index contributed by atoms with van der Waals surface area (Å²) in [5.74, 6) is 0.0504. The minimum absolute atomic E-state index is 0.0504. The third kappa shape index (κ3) is 1.28. The number of nitrogens with zero attached hydrogens (tertiary/aromatic N) is 1. The molecule has 64 valence electrons. The van der Waals surface area contributed by atoms with E-state index in [0.29, 0.717) is 11.6 Å². The zero-order valence-electron chi connectivity index (χ0n) is 6.79. The molecule has 1 aromatic rings. The van der Waals surface area contributed by atoms with Crippen LogP contribution < -0.4 is 0 Å². The van der Waals surface area contributed by atoms with Crippen LogP contribution in [0.1, 0.15) is 27.3 Å². The van der Waals surface area contributed by atoms with Crippen molar-refractivity contribution in [2.75, 3.05) is 6.61 Å². The van der Waals surface area contributed by atoms with Crippen LogP contribution in [0.15, 0.2) is 0 Å². The third-order valence-corrected chi connectivity index (χ3v) is 2.97. The Bertz CT molecular complexity index is 295. The molecular formula is C8H9NO2S. The predicted octanol–water partition coefficient (Wildman–Crippen LogP) is 1.42. The van der Waals surface area contributed by atoms with Crippen LogP contribution in [-0.2, 0) is 17.8 Å². The lowest BCUT2D eigenvalue weighted by Gasteiger charge is -2.08. The number of hydrogen-bond acceptors (Lipinski definition) is 4. The highest BCUT2D eigenvalue weighted by Crippen LogP contribution is 2.23. The normalized spacial score (nSPS) is 15.8. The lowest BCUT2D eigenvalue weighted by Crippen LogP contribution is -2.07. The van der Waals surface area contributed by atoms with Crippen LogP contribution in [0.2, 0.25) is 0 Å². The first kappa shape index (κ1) is 7.89. The summed E-state index contributed by atoms with van der Waals surface area (Å²) in [6.45, 7) is 2.90. The van der Waals surface area contributed by atoms with E-state index in [9.17, 15) is 4.79 Å². The Hall–Kier alpha value is -0.740. The Kier molecular flexibility index (Phi) is 1.94. The minimum Gasteiger partial charge on any atom is -0.375 e. The number of hydrogen-bond donors (Lipinski definition) is 0. The second-order valence-electron chi connectivity index (χ2n) is 2.75. The Balaban J connectivity index is 2.38. The van der Waals surface area contributed by atoms with Gasteiger partial charge in [0.2, 0.25) is 0 Å². The number of ether oxygens (including phenoxy) is 1. The Morgan fingerprint density at radius 3 is 3.17 bits per heavy atom. The largest absolute Gasteiger partial charge is 0.375 e. The van der Waals surface area contributed by atoms with Crippen LogP contribution in [-0.4, -0.2) is 17.4 Å². The van der Waals surface area contributed by atoms with Crippen LogP contribution >= 0.6 is 11.3 Å². The summed E-state index contributed by atoms with van der Waals surface area (Å²) < 4.78 is 5.25. The van der Waals surface area contributed by atoms with Gasteiger partial charge < -0.3 is 4.74 Å². The number of fused-ring (bicyclic) bond motifs is 1. The van der Waals surface area contributed by atoms with Crippen LogP contribution in [0.5, 0.6) is 0 Å². The fourth-order valence-corrected chi connectivity index (χ4v) is 2.12. The summed E-state index contributed by atoms with van der Waals surface area (Å²) in [6, 6.07) is 0. The molecule has 4 heteroatoms. The van der Waals surface area contributed by atoms with Gasteiger partial charge in [0, 0.05) is 13.3 Å². The van der Waals surface area contributed by atoms with Gasteiger partial charge in [0.15, 0.2) is 10.8 Å². The number of Topliss-reactive ketones (excluding diaryl/α,β-unsaturated/α-hetero) is 1. The molecule has 3 nitrogen and oxygen atoms in total. The molecule has 0 aliphatic carbocycles. The molecule has 0 aromatic carbocycles. The van der Waals surface area contributed by atoms with Gasteiger partial charge in [0.05, 0.1) is 23.8 Å². The minimum atomic E-state index is 0.0504. The van der Waals surface area contributed by atoms with Crippen molar-refractivity contribution in [2.24, 2.45) is 0 Å². The summed E-state index contributed by atoms with van der Waals surface area (Å²) in [4.78, 5) is 16.3. The van der Waals surface area contributed by atoms with Crippen LogP contribution in [0.3, 0.4) is 0 Å². The maximum absolute atomic E-state index is 11.0. The van der Waals surface area contributed by atoms with Crippen molar-refractivity contribution in [3.05, 3.63) is 15.6 Å². The van der Waals surface area contributed by atoms with Gasteiger partial charge in [-0.3, -0.25) is 4.79 Å². The topological polar surface area (TPSA) is 39.2 Å². The zero-order valence-corrected chi connectivity index (χ0v) is 7.61. The van der Waals surface area contributed by atoms with E-state index in [1.165, 1.54) is 11.3 Å². The number of aromatic nitrogens is 1. The monoisotopic (exact) mass is 183 g/mol. The molecule has 0 bridgehead atoms. The average Bonchev–Trinajstić information content (AvgIpc) is 2.46. The molecule has 0 spiro atoms. The predicted molar refractivity (Wildman–Crippen MR) is 45.5 cm³/mol. The van der Waals surface area contributed by atoms with Crippen molar-refractivity contribution in [3.8, 4) is 0 Å². The molecule has 0 unspecified atom stereocenters. The van der Waals surface area contributed by atoms with E-state index in [4.69, 9.17) is 4.74 Å². The van der Waals surface area contributed by atoms with Crippen molar-refractivity contribution >= 4 is 17.1 Å². The van der Waals surface area contributed by atoms with Gasteiger partial charge in [0.25, 0.3) is 0 Å². The summed E-state index contributed by atoms with van der Waals surface area (Å²) in [7, 11) is 0. The molecule has 1 aliphatic heterocycles. The standard InChI is InChI=1S/C8H9NO2S/c1-5(10)8-9-6-2-3-11-4-7(6)12-8/h2-4H2,1H3. The summed E-state index contributed by atoms with van der Waals surface area (Å²) in [5, 5.41) is 0.616. The van der Waals surface area contributed by atoms with Crippen LogP contribution in [0.25, 0.3) is 0 Å². The van der Waals surface area contributed by atoms with E-state index in [0.717, 1.165) is 23.6 Å². The molecular weight excluding hydrogens is 174 g/mol. The Morgan fingerprint density at radius 2 is 2.50 bits per heavy atom. The highest BCUT2D eigenvalue weighted by Gasteiger charge is 2.16. The van der Waals surface area contributed by atoms with Crippen LogP contribution in [0, 0.1) is 0 Å². The average molecular weight is 183 g/mol. The number of carbonyl (C=O) groups excluding carboxylic acids is 1. The van der Waals surface area contributed by atoms with Crippen molar-refractivity contribution in [3.63, 3.8) is 0 Å². The maximum Gasteiger partial charge on any atom is 0.188 e. The highest BCUT2D eigenvalue weighted by molar-refractivity contribution is 7.13. The lowest BCUT2D eigenvalue weighted by atomic mass is 10.2. The zero-order chi connectivity index (χ0) is 8.55. The third-order valence-electron chi connectivity index (χ3n) is 1.80. The van der Waals surface area contributed by atoms with Gasteiger partial charge in [-0.1, -0.05) is 0 Å². The number of thiazole rings is 1. The van der Waals surface area contributed by atoms with E-state index >= 15 is 0 Å². The molecule has 0 saturated heterocycles. The number of carbonyl (C=O) groups is 1. The first-order chi connectivity index (χ1) is 5.77. The van der Waals surface area contributed by atoms with E-state index < -0.39 is 0 Å². The molecule has 0 saturated carbocycles. The molecule has 1 aromatic heterocycles. The first-order valence-corrected chi connectivity index (χ1v) is 4.66. The van der Waals surface area contributed by atoms with Crippen molar-refractivity contribution in [1.29, 1.82) is 0 Å². The van der Waals surface area contributed by atoms with Gasteiger partial charge in [-0.15, -0.1) is 11.3 Å². The van der Waals surface area contributed by atoms with Gasteiger partial charge >= 0.3 is 0 Å². The maximum atomic E-state index is 11.0. The van der Waals surface area contributed by atoms with E-state index in [-0.39, 0.29) is 5.78 Å². The quantitative estimate of drug-likeness (QED) is 0.618. The van der Waals surface area contributed by atoms with Crippen molar-refractivity contribution in [2.45, 2.75) is 20.0 Å². The molecule has 0 amide bonds. The summed E-state index contributed by atoms with van der Waals surface area (Å²) in [6.07, 6.45) is 0.846. The number of rotatable bonds is 1. The Morgan fingerprint density at radius 1 is 1.67 bits per heavy atom. The van der Waals surface area contributed by atoms with Crippen molar-refractivity contribution < 1.29 is 9.53 Å². The van der Waals surface area contributed by atoms with Crippen LogP contribution in [0.4, 0.5) is 0 Å². The number of ketones is 1. The molecule has 0 atom stereocenters. The van der Waals surface area contributed by atoms with E-state index in [2.05, 4.69) is 4.98 Å². The molecule has 1 aliphatic rings. The fourth-order valence-electron chi connectivity index (χ4n) is 1.18. The van der Waals surface area contributed by atoms with Gasteiger partial charge in [-0.05, 0) is 0 Å². The SMILES string of the molecule is CC(=O)c1nc2c(s1)COCC2. The van der Waals surface area contributed by atoms with Gasteiger partial charge in [0.1, 0.15) is 0 Å². The highest BCUT2D eigenvalue weighted by atomic mass is 32.1. The Labute approximate surface area is 74.4 Å². The molecule has 0 N–H and O–H groups in total. The van der Waals surface area contributed by atoms with Gasteiger partial charge in [-0.25, -0.2) is 4.98 Å². The smallest absolute Gasteiger partial charge is 0.188 e. The molecule has 0 fully saturated rings. The van der Waals surface area contributed by atoms with Gasteiger partial charge in [-0.2, -0.15) is 0 Å². The second-order valence-corrected chi connectivity index (χ2v) is 3.83. The molecule has 2 heterocycles. The summed E-state index contributed by atoms with van der Waals surface area (Å²) in [5.41, 5.74) is 1.05. The molecule has 2 rings (SSSR count). The summed E-state index contributed by atoms with van der Waals surface area (Å²) >= 11 is 1.46. The molecule has 12 heavy (non-hydrogen) atoms. The van der Waals surface area contributed by atoms with Crippen molar-refractivity contribution in [1.82, 2.24) is 4.98 Å².